The van der Waals surface area contributed by atoms with Gasteiger partial charge in [0.15, 0.2) is 0 Å². The van der Waals surface area contributed by atoms with Gasteiger partial charge in [0.2, 0.25) is 0 Å². The SMILES string of the molecule is CCCC(CS(=O)C1CCCC(C)C1)NC. The number of hydrogen-bond donors (Lipinski definition) is 1. The van der Waals surface area contributed by atoms with E-state index in [2.05, 4.69) is 19.2 Å². The van der Waals surface area contributed by atoms with Gasteiger partial charge in [-0.2, -0.15) is 0 Å². The maximum atomic E-state index is 12.3. The molecule has 0 heterocycles. The van der Waals surface area contributed by atoms with Gasteiger partial charge in [0.05, 0.1) is 0 Å². The summed E-state index contributed by atoms with van der Waals surface area (Å²) in [4.78, 5) is 0. The molecule has 1 aliphatic carbocycles. The predicted molar refractivity (Wildman–Crippen MR) is 72.2 cm³/mol. The molecule has 4 atom stereocenters. The first kappa shape index (κ1) is 14.2. The Labute approximate surface area is 103 Å². The summed E-state index contributed by atoms with van der Waals surface area (Å²) in [6.45, 7) is 4.49. The van der Waals surface area contributed by atoms with Crippen molar-refractivity contribution in [3.63, 3.8) is 0 Å². The fourth-order valence-corrected chi connectivity index (χ4v) is 4.59. The molecular formula is C13H27NOS. The van der Waals surface area contributed by atoms with Gasteiger partial charge in [-0.05, 0) is 32.2 Å². The predicted octanol–water partition coefficient (Wildman–Crippen LogP) is 2.70. The van der Waals surface area contributed by atoms with Crippen molar-refractivity contribution in [2.24, 2.45) is 5.92 Å². The highest BCUT2D eigenvalue weighted by atomic mass is 32.2. The summed E-state index contributed by atoms with van der Waals surface area (Å²) in [6, 6.07) is 0.447. The highest BCUT2D eigenvalue weighted by Crippen LogP contribution is 2.27. The van der Waals surface area contributed by atoms with Crippen LogP contribution in [0.5, 0.6) is 0 Å². The summed E-state index contributed by atoms with van der Waals surface area (Å²) in [5, 5.41) is 3.76. The third-order valence-corrected chi connectivity index (χ3v) is 5.57. The van der Waals surface area contributed by atoms with Gasteiger partial charge in [-0.25, -0.2) is 0 Å². The zero-order valence-corrected chi connectivity index (χ0v) is 11.8. The summed E-state index contributed by atoms with van der Waals surface area (Å²) in [7, 11) is 1.37. The van der Waals surface area contributed by atoms with Crippen LogP contribution >= 0.6 is 0 Å². The summed E-state index contributed by atoms with van der Waals surface area (Å²) in [5.74, 6) is 1.63. The van der Waals surface area contributed by atoms with Gasteiger partial charge in [0.1, 0.15) is 0 Å². The second-order valence-electron chi connectivity index (χ2n) is 5.22. The third-order valence-electron chi connectivity index (χ3n) is 3.67. The molecule has 1 saturated carbocycles. The lowest BCUT2D eigenvalue weighted by atomic mass is 9.91. The summed E-state index contributed by atoms with van der Waals surface area (Å²) in [6.07, 6.45) is 7.27. The molecule has 1 fully saturated rings. The van der Waals surface area contributed by atoms with E-state index >= 15 is 0 Å². The molecule has 1 N–H and O–H groups in total. The molecule has 0 spiro atoms. The zero-order valence-electron chi connectivity index (χ0n) is 11.0. The molecule has 0 saturated heterocycles. The Morgan fingerprint density at radius 2 is 2.19 bits per heavy atom. The van der Waals surface area contributed by atoms with Crippen molar-refractivity contribution >= 4 is 10.8 Å². The van der Waals surface area contributed by atoms with Crippen LogP contribution in [-0.2, 0) is 10.8 Å². The van der Waals surface area contributed by atoms with Crippen LogP contribution in [0.4, 0.5) is 0 Å². The molecule has 3 heteroatoms. The minimum Gasteiger partial charge on any atom is -0.316 e. The Balaban J connectivity index is 2.37. The molecular weight excluding hydrogens is 218 g/mol. The van der Waals surface area contributed by atoms with Crippen molar-refractivity contribution in [2.75, 3.05) is 12.8 Å². The molecule has 0 aromatic rings. The van der Waals surface area contributed by atoms with Crippen LogP contribution in [-0.4, -0.2) is 28.3 Å². The topological polar surface area (TPSA) is 29.1 Å². The van der Waals surface area contributed by atoms with Crippen LogP contribution in [0.3, 0.4) is 0 Å². The average molecular weight is 245 g/mol. The molecule has 0 aliphatic heterocycles. The Kier molecular flexibility index (Phi) is 6.59. The van der Waals surface area contributed by atoms with Crippen molar-refractivity contribution in [3.05, 3.63) is 0 Å². The Morgan fingerprint density at radius 3 is 2.75 bits per heavy atom. The lowest BCUT2D eigenvalue weighted by Gasteiger charge is -2.27. The first-order valence-corrected chi connectivity index (χ1v) is 8.10. The first-order chi connectivity index (χ1) is 7.67. The van der Waals surface area contributed by atoms with E-state index in [1.54, 1.807) is 0 Å². The van der Waals surface area contributed by atoms with Crippen LogP contribution in [0.25, 0.3) is 0 Å². The summed E-state index contributed by atoms with van der Waals surface area (Å²) in [5.41, 5.74) is 0. The summed E-state index contributed by atoms with van der Waals surface area (Å²) < 4.78 is 12.3. The van der Waals surface area contributed by atoms with E-state index in [1.165, 1.54) is 32.1 Å². The highest BCUT2D eigenvalue weighted by molar-refractivity contribution is 7.85. The van der Waals surface area contributed by atoms with Crippen LogP contribution in [0.15, 0.2) is 0 Å². The molecule has 16 heavy (non-hydrogen) atoms. The van der Waals surface area contributed by atoms with Gasteiger partial charge >= 0.3 is 0 Å². The normalized spacial score (nSPS) is 29.9. The van der Waals surface area contributed by atoms with Crippen LogP contribution in [0.1, 0.15) is 52.4 Å². The summed E-state index contributed by atoms with van der Waals surface area (Å²) >= 11 is 0. The molecule has 1 aliphatic rings. The average Bonchev–Trinajstić information content (AvgIpc) is 2.28. The smallest absolute Gasteiger partial charge is 0.0391 e. The highest BCUT2D eigenvalue weighted by Gasteiger charge is 2.25. The molecule has 0 aromatic carbocycles. The number of hydrogen-bond acceptors (Lipinski definition) is 2. The van der Waals surface area contributed by atoms with Gasteiger partial charge < -0.3 is 5.32 Å². The maximum absolute atomic E-state index is 12.3. The molecule has 0 bridgehead atoms. The number of rotatable bonds is 6. The van der Waals surface area contributed by atoms with Crippen molar-refractivity contribution in [1.29, 1.82) is 0 Å². The molecule has 96 valence electrons. The van der Waals surface area contributed by atoms with Gasteiger partial charge in [-0.1, -0.05) is 33.1 Å². The fraction of sp³-hybridized carbons (Fsp3) is 1.00. The van der Waals surface area contributed by atoms with Crippen molar-refractivity contribution in [3.8, 4) is 0 Å². The second-order valence-corrected chi connectivity index (χ2v) is 6.98. The molecule has 0 aromatic heterocycles. The van der Waals surface area contributed by atoms with E-state index in [0.29, 0.717) is 11.3 Å². The first-order valence-electron chi connectivity index (χ1n) is 6.71. The molecule has 2 nitrogen and oxygen atoms in total. The van der Waals surface area contributed by atoms with E-state index in [9.17, 15) is 4.21 Å². The van der Waals surface area contributed by atoms with Crippen molar-refractivity contribution in [2.45, 2.75) is 63.7 Å². The van der Waals surface area contributed by atoms with Crippen molar-refractivity contribution < 1.29 is 4.21 Å². The van der Waals surface area contributed by atoms with Crippen LogP contribution in [0, 0.1) is 5.92 Å². The van der Waals surface area contributed by atoms with E-state index in [1.807, 2.05) is 7.05 Å². The van der Waals surface area contributed by atoms with Gasteiger partial charge in [-0.15, -0.1) is 0 Å². The van der Waals surface area contributed by atoms with Crippen LogP contribution in [0.2, 0.25) is 0 Å². The molecule has 0 amide bonds. The van der Waals surface area contributed by atoms with E-state index < -0.39 is 10.8 Å². The van der Waals surface area contributed by atoms with E-state index in [4.69, 9.17) is 0 Å². The minimum atomic E-state index is -0.621. The Morgan fingerprint density at radius 1 is 1.44 bits per heavy atom. The minimum absolute atomic E-state index is 0.447. The molecule has 4 unspecified atom stereocenters. The lowest BCUT2D eigenvalue weighted by molar-refractivity contribution is 0.388. The standard InChI is InChI=1S/C13H27NOS/c1-4-6-12(14-3)10-16(15)13-8-5-7-11(2)9-13/h11-14H,4-10H2,1-3H3. The van der Waals surface area contributed by atoms with Crippen molar-refractivity contribution in [1.82, 2.24) is 5.32 Å². The quantitative estimate of drug-likeness (QED) is 0.779. The van der Waals surface area contributed by atoms with Crippen LogP contribution < -0.4 is 5.32 Å². The monoisotopic (exact) mass is 245 g/mol. The lowest BCUT2D eigenvalue weighted by Crippen LogP contribution is -2.35. The maximum Gasteiger partial charge on any atom is 0.0391 e. The fourth-order valence-electron chi connectivity index (χ4n) is 2.61. The van der Waals surface area contributed by atoms with E-state index in [0.717, 1.165) is 18.1 Å². The Hall–Kier alpha value is 0.110. The largest absolute Gasteiger partial charge is 0.316 e. The molecule has 0 radical (unpaired) electrons. The van der Waals surface area contributed by atoms with Gasteiger partial charge in [0.25, 0.3) is 0 Å². The van der Waals surface area contributed by atoms with Gasteiger partial charge in [0, 0.05) is 27.8 Å². The number of nitrogens with one attached hydrogen (secondary N) is 1. The Bertz CT molecular complexity index is 220. The third kappa shape index (κ3) is 4.54. The van der Waals surface area contributed by atoms with Gasteiger partial charge in [-0.3, -0.25) is 4.21 Å². The second kappa shape index (κ2) is 7.44. The van der Waals surface area contributed by atoms with E-state index in [-0.39, 0.29) is 0 Å². The zero-order chi connectivity index (χ0) is 12.0. The molecule has 1 rings (SSSR count).